The highest BCUT2D eigenvalue weighted by molar-refractivity contribution is 7.80. The van der Waals surface area contributed by atoms with Crippen LogP contribution in [0.2, 0.25) is 0 Å². The van der Waals surface area contributed by atoms with Crippen molar-refractivity contribution in [1.82, 2.24) is 5.32 Å². The van der Waals surface area contributed by atoms with Gasteiger partial charge in [0, 0.05) is 18.7 Å². The third-order valence-corrected chi connectivity index (χ3v) is 4.88. The quantitative estimate of drug-likeness (QED) is 0.207. The average molecular weight is 407 g/mol. The monoisotopic (exact) mass is 406 g/mol. The molecule has 0 bridgehead atoms. The van der Waals surface area contributed by atoms with Crippen molar-refractivity contribution in [2.24, 2.45) is 11.7 Å². The molecular formula is C22H50N2O2S. The lowest BCUT2D eigenvalue weighted by atomic mass is 10.0. The van der Waals surface area contributed by atoms with E-state index in [9.17, 15) is 9.90 Å². The van der Waals surface area contributed by atoms with Crippen LogP contribution in [0.4, 0.5) is 0 Å². The summed E-state index contributed by atoms with van der Waals surface area (Å²) in [5, 5.41) is 12.6. The highest BCUT2D eigenvalue weighted by atomic mass is 32.1. The molecule has 4 nitrogen and oxygen atoms in total. The van der Waals surface area contributed by atoms with Crippen molar-refractivity contribution in [3.63, 3.8) is 0 Å². The van der Waals surface area contributed by atoms with Crippen LogP contribution in [0.15, 0.2) is 0 Å². The first kappa shape index (κ1) is 31.4. The molecule has 4 N–H and O–H groups in total. The molecule has 2 atom stereocenters. The average Bonchev–Trinajstić information content (AvgIpc) is 2.72. The Labute approximate surface area is 175 Å². The fourth-order valence-electron chi connectivity index (χ4n) is 2.71. The number of carbonyl (C=O) groups excluding carboxylic acids is 1. The summed E-state index contributed by atoms with van der Waals surface area (Å²) in [4.78, 5) is 11.7. The van der Waals surface area contributed by atoms with E-state index in [0.717, 1.165) is 25.8 Å². The molecule has 5 heteroatoms. The molecule has 0 radical (unpaired) electrons. The van der Waals surface area contributed by atoms with Gasteiger partial charge in [0.25, 0.3) is 0 Å². The third-order valence-electron chi connectivity index (χ3n) is 4.51. The Hall–Kier alpha value is -0.260. The molecule has 0 aliphatic heterocycles. The van der Waals surface area contributed by atoms with Gasteiger partial charge in [-0.2, -0.15) is 12.6 Å². The molecule has 0 aliphatic rings. The number of hydrogen-bond donors (Lipinski definition) is 4. The number of aliphatic hydroxyl groups is 1. The Morgan fingerprint density at radius 3 is 1.93 bits per heavy atom. The summed E-state index contributed by atoms with van der Waals surface area (Å²) in [6, 6.07) is 0. The number of aliphatic hydroxyl groups excluding tert-OH is 1. The number of unbranched alkanes of at least 4 members (excludes halogenated alkanes) is 8. The molecule has 0 aromatic rings. The van der Waals surface area contributed by atoms with Crippen molar-refractivity contribution in [2.45, 2.75) is 111 Å². The van der Waals surface area contributed by atoms with Gasteiger partial charge in [0.2, 0.25) is 5.91 Å². The molecule has 0 saturated heterocycles. The lowest BCUT2D eigenvalue weighted by Gasteiger charge is -2.16. The number of amides is 1. The van der Waals surface area contributed by atoms with Gasteiger partial charge in [-0.15, -0.1) is 0 Å². The van der Waals surface area contributed by atoms with Crippen molar-refractivity contribution in [1.29, 1.82) is 0 Å². The van der Waals surface area contributed by atoms with E-state index in [1.807, 2.05) is 20.8 Å². The molecular weight excluding hydrogens is 356 g/mol. The van der Waals surface area contributed by atoms with Crippen molar-refractivity contribution < 1.29 is 9.90 Å². The standard InChI is InChI=1S/C19H39NO2S.C2H6.CH5N/c1-3-4-5-6-7-8-9-10-11-14-19(22)20-15-12-13-17(2)18(21)16-23;2*1-2/h17-18,21,23H,3-16H2,1-2H3,(H,20,22);1-2H3;2H2,1H3. The van der Waals surface area contributed by atoms with Crippen LogP contribution < -0.4 is 11.1 Å². The van der Waals surface area contributed by atoms with E-state index < -0.39 is 0 Å². The van der Waals surface area contributed by atoms with Crippen LogP contribution in [-0.4, -0.2) is 36.5 Å². The van der Waals surface area contributed by atoms with Crippen LogP contribution in [0, 0.1) is 5.92 Å². The molecule has 0 spiro atoms. The second-order valence-electron chi connectivity index (χ2n) is 6.80. The van der Waals surface area contributed by atoms with E-state index in [2.05, 4.69) is 30.6 Å². The zero-order chi connectivity index (χ0) is 21.3. The van der Waals surface area contributed by atoms with Crippen molar-refractivity contribution in [2.75, 3.05) is 19.3 Å². The van der Waals surface area contributed by atoms with Crippen LogP contribution in [-0.2, 0) is 4.79 Å². The van der Waals surface area contributed by atoms with Gasteiger partial charge in [0.15, 0.2) is 0 Å². The number of thiol groups is 1. The molecule has 1 amide bonds. The number of nitrogens with two attached hydrogens (primary N) is 1. The minimum absolute atomic E-state index is 0.176. The fourth-order valence-corrected chi connectivity index (χ4v) is 3.07. The maximum atomic E-state index is 11.7. The van der Waals surface area contributed by atoms with E-state index >= 15 is 0 Å². The molecule has 0 fully saturated rings. The minimum atomic E-state index is -0.337. The van der Waals surface area contributed by atoms with Crippen LogP contribution in [0.5, 0.6) is 0 Å². The Morgan fingerprint density at radius 2 is 1.44 bits per heavy atom. The van der Waals surface area contributed by atoms with Gasteiger partial charge in [-0.05, 0) is 32.2 Å². The molecule has 0 heterocycles. The second-order valence-corrected chi connectivity index (χ2v) is 7.16. The Kier molecular flexibility index (Phi) is 32.5. The summed E-state index contributed by atoms with van der Waals surface area (Å²) >= 11 is 4.10. The molecule has 0 aromatic heterocycles. The van der Waals surface area contributed by atoms with Gasteiger partial charge in [-0.3, -0.25) is 4.79 Å². The largest absolute Gasteiger partial charge is 0.392 e. The van der Waals surface area contributed by atoms with Crippen molar-refractivity contribution >= 4 is 18.5 Å². The van der Waals surface area contributed by atoms with Crippen molar-refractivity contribution in [3.8, 4) is 0 Å². The van der Waals surface area contributed by atoms with Crippen LogP contribution >= 0.6 is 12.6 Å². The van der Waals surface area contributed by atoms with Crippen molar-refractivity contribution in [3.05, 3.63) is 0 Å². The minimum Gasteiger partial charge on any atom is -0.392 e. The zero-order valence-corrected chi connectivity index (χ0v) is 19.8. The number of hydrogen-bond acceptors (Lipinski definition) is 4. The molecule has 0 saturated carbocycles. The number of carbonyl (C=O) groups is 1. The smallest absolute Gasteiger partial charge is 0.219 e. The van der Waals surface area contributed by atoms with Gasteiger partial charge in [-0.1, -0.05) is 79.1 Å². The summed E-state index contributed by atoms with van der Waals surface area (Å²) in [5.41, 5.74) is 4.50. The van der Waals surface area contributed by atoms with Crippen LogP contribution in [0.1, 0.15) is 105 Å². The highest BCUT2D eigenvalue weighted by Crippen LogP contribution is 2.12. The first-order chi connectivity index (χ1) is 13.1. The van der Waals surface area contributed by atoms with E-state index in [0.29, 0.717) is 12.2 Å². The van der Waals surface area contributed by atoms with Gasteiger partial charge >= 0.3 is 0 Å². The summed E-state index contributed by atoms with van der Waals surface area (Å²) in [5.74, 6) is 0.934. The maximum absolute atomic E-state index is 11.7. The highest BCUT2D eigenvalue weighted by Gasteiger charge is 2.11. The fraction of sp³-hybridized carbons (Fsp3) is 0.955. The Balaban J connectivity index is -0.00000134. The zero-order valence-electron chi connectivity index (χ0n) is 18.9. The second kappa shape index (κ2) is 28.0. The van der Waals surface area contributed by atoms with Gasteiger partial charge in [0.1, 0.15) is 0 Å². The van der Waals surface area contributed by atoms with Crippen LogP contribution in [0.3, 0.4) is 0 Å². The lowest BCUT2D eigenvalue weighted by Crippen LogP contribution is -2.26. The topological polar surface area (TPSA) is 75.3 Å². The van der Waals surface area contributed by atoms with E-state index in [-0.39, 0.29) is 17.9 Å². The summed E-state index contributed by atoms with van der Waals surface area (Å²) in [6.45, 7) is 9.00. The summed E-state index contributed by atoms with van der Waals surface area (Å²) in [6.07, 6.45) is 13.7. The SMILES string of the molecule is CC.CCCCCCCCCCCC(=O)NCCCC(C)C(O)CS.CN. The molecule has 27 heavy (non-hydrogen) atoms. The molecule has 0 rings (SSSR count). The molecule has 0 aromatic carbocycles. The van der Waals surface area contributed by atoms with E-state index in [4.69, 9.17) is 0 Å². The van der Waals surface area contributed by atoms with Gasteiger partial charge in [0.05, 0.1) is 6.10 Å². The van der Waals surface area contributed by atoms with Gasteiger partial charge in [-0.25, -0.2) is 0 Å². The first-order valence-electron chi connectivity index (χ1n) is 11.2. The summed E-state index contributed by atoms with van der Waals surface area (Å²) < 4.78 is 0. The third kappa shape index (κ3) is 25.7. The lowest BCUT2D eigenvalue weighted by molar-refractivity contribution is -0.121. The number of rotatable bonds is 16. The Morgan fingerprint density at radius 1 is 0.963 bits per heavy atom. The number of nitrogens with one attached hydrogen (secondary N) is 1. The predicted octanol–water partition coefficient (Wildman–Crippen LogP) is 5.33. The molecule has 2 unspecified atom stereocenters. The normalized spacial score (nSPS) is 12.1. The predicted molar refractivity (Wildman–Crippen MR) is 125 cm³/mol. The van der Waals surface area contributed by atoms with E-state index in [1.54, 1.807) is 0 Å². The molecule has 0 aliphatic carbocycles. The first-order valence-corrected chi connectivity index (χ1v) is 11.9. The maximum Gasteiger partial charge on any atom is 0.219 e. The van der Waals surface area contributed by atoms with E-state index in [1.165, 1.54) is 58.4 Å². The van der Waals surface area contributed by atoms with Crippen LogP contribution in [0.25, 0.3) is 0 Å². The molecule has 166 valence electrons. The van der Waals surface area contributed by atoms with Gasteiger partial charge < -0.3 is 16.2 Å². The Bertz CT molecular complexity index is 279. The summed E-state index contributed by atoms with van der Waals surface area (Å²) in [7, 11) is 1.50.